The van der Waals surface area contributed by atoms with Crippen LogP contribution >= 0.6 is 23.2 Å². The maximum atomic E-state index is 11.9. The molecule has 1 atom stereocenters. The lowest BCUT2D eigenvalue weighted by atomic mass is 10.1. The van der Waals surface area contributed by atoms with Crippen molar-refractivity contribution in [2.24, 2.45) is 0 Å². The number of anilines is 2. The van der Waals surface area contributed by atoms with Crippen LogP contribution in [0.3, 0.4) is 0 Å². The molecule has 0 radical (unpaired) electrons. The maximum Gasteiger partial charge on any atom is 0.248 e. The van der Waals surface area contributed by atoms with Gasteiger partial charge in [0.25, 0.3) is 0 Å². The number of nitrogens with one attached hydrogen (secondary N) is 2. The summed E-state index contributed by atoms with van der Waals surface area (Å²) in [5, 5.41) is 7.09. The van der Waals surface area contributed by atoms with Crippen molar-refractivity contribution in [3.63, 3.8) is 0 Å². The molecule has 0 aromatic heterocycles. The molecule has 1 fully saturated rings. The number of benzene rings is 1. The Kier molecular flexibility index (Phi) is 2.65. The van der Waals surface area contributed by atoms with Gasteiger partial charge in [0.1, 0.15) is 6.04 Å². The van der Waals surface area contributed by atoms with Gasteiger partial charge >= 0.3 is 0 Å². The number of carbonyl (C=O) groups excluding carboxylic acids is 1. The van der Waals surface area contributed by atoms with Crippen LogP contribution in [0.5, 0.6) is 0 Å². The second-order valence-electron chi connectivity index (χ2n) is 4.16. The summed E-state index contributed by atoms with van der Waals surface area (Å²) >= 11 is 12.3. The lowest BCUT2D eigenvalue weighted by molar-refractivity contribution is -0.117. The Balaban J connectivity index is 2.14. The molecule has 1 aromatic rings. The second-order valence-corrected chi connectivity index (χ2v) is 4.95. The predicted octanol–water partition coefficient (Wildman–Crippen LogP) is 1.72. The third-order valence-electron chi connectivity index (χ3n) is 3.16. The highest BCUT2D eigenvalue weighted by atomic mass is 35.5. The minimum atomic E-state index is -0.202. The van der Waals surface area contributed by atoms with E-state index < -0.39 is 0 Å². The fraction of sp³-hybridized carbons (Fsp3) is 0.364. The number of fused-ring (bicyclic) bond motifs is 3. The molecule has 0 spiro atoms. The van der Waals surface area contributed by atoms with E-state index in [1.807, 2.05) is 4.90 Å². The predicted molar refractivity (Wildman–Crippen MR) is 69.1 cm³/mol. The van der Waals surface area contributed by atoms with E-state index in [4.69, 9.17) is 23.2 Å². The molecule has 0 aliphatic carbocycles. The molecule has 4 nitrogen and oxygen atoms in total. The van der Waals surface area contributed by atoms with Gasteiger partial charge in [0.15, 0.2) is 0 Å². The number of carbonyl (C=O) groups is 1. The molecule has 90 valence electrons. The number of halogens is 2. The molecule has 1 aromatic carbocycles. The van der Waals surface area contributed by atoms with Crippen LogP contribution in [0.15, 0.2) is 12.1 Å². The molecule has 0 saturated carbocycles. The Morgan fingerprint density at radius 1 is 1.35 bits per heavy atom. The van der Waals surface area contributed by atoms with Crippen LogP contribution in [0.1, 0.15) is 0 Å². The first-order valence-electron chi connectivity index (χ1n) is 5.44. The van der Waals surface area contributed by atoms with Gasteiger partial charge in [-0.25, -0.2) is 0 Å². The second kappa shape index (κ2) is 4.05. The topological polar surface area (TPSA) is 44.4 Å². The zero-order valence-corrected chi connectivity index (χ0v) is 10.5. The van der Waals surface area contributed by atoms with Crippen molar-refractivity contribution in [3.8, 4) is 0 Å². The minimum absolute atomic E-state index is 0.00286. The summed E-state index contributed by atoms with van der Waals surface area (Å²) < 4.78 is 0. The summed E-state index contributed by atoms with van der Waals surface area (Å²) in [5.74, 6) is 0.00286. The van der Waals surface area contributed by atoms with E-state index >= 15 is 0 Å². The number of hydrogen-bond donors (Lipinski definition) is 2. The summed E-state index contributed by atoms with van der Waals surface area (Å²) in [7, 11) is 0. The van der Waals surface area contributed by atoms with Gasteiger partial charge in [-0.1, -0.05) is 23.2 Å². The Bertz CT molecular complexity index is 492. The lowest BCUT2D eigenvalue weighted by Gasteiger charge is -2.41. The summed E-state index contributed by atoms with van der Waals surface area (Å²) in [6, 6.07) is 3.29. The Morgan fingerprint density at radius 2 is 2.18 bits per heavy atom. The van der Waals surface area contributed by atoms with Crippen molar-refractivity contribution in [3.05, 3.63) is 22.2 Å². The minimum Gasteiger partial charge on any atom is -0.354 e. The molecule has 0 bridgehead atoms. The highest BCUT2D eigenvalue weighted by molar-refractivity contribution is 6.44. The normalized spacial score (nSPS) is 22.8. The lowest BCUT2D eigenvalue weighted by Crippen LogP contribution is -2.59. The van der Waals surface area contributed by atoms with Crippen LogP contribution in [0.2, 0.25) is 10.0 Å². The summed E-state index contributed by atoms with van der Waals surface area (Å²) in [5.41, 5.74) is 1.58. The number of piperazine rings is 1. The van der Waals surface area contributed by atoms with Gasteiger partial charge in [-0.2, -0.15) is 0 Å². The zero-order valence-electron chi connectivity index (χ0n) is 8.96. The standard InChI is InChI=1S/C11H11Cl2N3O/c12-6-1-2-7-10(9(6)13)16-4-3-14-5-8(16)11(17)15-7/h1-2,8,14H,3-5H2,(H,15,17). The van der Waals surface area contributed by atoms with Crippen molar-refractivity contribution >= 4 is 40.5 Å². The van der Waals surface area contributed by atoms with Gasteiger partial charge in [-0.3, -0.25) is 4.79 Å². The fourth-order valence-electron chi connectivity index (χ4n) is 2.34. The summed E-state index contributed by atoms with van der Waals surface area (Å²) in [6.07, 6.45) is 0. The van der Waals surface area contributed by atoms with Crippen LogP contribution < -0.4 is 15.5 Å². The van der Waals surface area contributed by atoms with E-state index in [1.54, 1.807) is 12.1 Å². The first-order valence-corrected chi connectivity index (χ1v) is 6.20. The van der Waals surface area contributed by atoms with Crippen LogP contribution in [0, 0.1) is 0 Å². The summed E-state index contributed by atoms with van der Waals surface area (Å²) in [6.45, 7) is 2.23. The molecule has 2 aliphatic heterocycles. The van der Waals surface area contributed by atoms with E-state index in [2.05, 4.69) is 10.6 Å². The van der Waals surface area contributed by atoms with Gasteiger partial charge in [0.2, 0.25) is 5.91 Å². The van der Waals surface area contributed by atoms with Gasteiger partial charge in [-0.15, -0.1) is 0 Å². The molecule has 6 heteroatoms. The summed E-state index contributed by atoms with van der Waals surface area (Å²) in [4.78, 5) is 13.9. The quantitative estimate of drug-likeness (QED) is 0.756. The van der Waals surface area contributed by atoms with Gasteiger partial charge in [0.05, 0.1) is 21.4 Å². The first kappa shape index (κ1) is 11.1. The van der Waals surface area contributed by atoms with Crippen molar-refractivity contribution in [1.29, 1.82) is 0 Å². The average Bonchev–Trinajstić information content (AvgIpc) is 2.34. The molecule has 2 aliphatic rings. The third kappa shape index (κ3) is 1.68. The monoisotopic (exact) mass is 271 g/mol. The molecule has 3 rings (SSSR count). The Labute approximate surface area is 109 Å². The SMILES string of the molecule is O=C1Nc2ccc(Cl)c(Cl)c2N2CCNCC12. The molecular formula is C11H11Cl2N3O. The first-order chi connectivity index (χ1) is 8.18. The van der Waals surface area contributed by atoms with E-state index in [0.29, 0.717) is 16.6 Å². The van der Waals surface area contributed by atoms with Crippen LogP contribution in [0.25, 0.3) is 0 Å². The highest BCUT2D eigenvalue weighted by Gasteiger charge is 2.36. The number of nitrogens with zero attached hydrogens (tertiary/aromatic N) is 1. The molecule has 1 saturated heterocycles. The maximum absolute atomic E-state index is 11.9. The van der Waals surface area contributed by atoms with Crippen molar-refractivity contribution < 1.29 is 4.79 Å². The van der Waals surface area contributed by atoms with E-state index in [1.165, 1.54) is 0 Å². The van der Waals surface area contributed by atoms with E-state index in [-0.39, 0.29) is 11.9 Å². The van der Waals surface area contributed by atoms with Crippen molar-refractivity contribution in [2.75, 3.05) is 29.9 Å². The van der Waals surface area contributed by atoms with Crippen LogP contribution in [0.4, 0.5) is 11.4 Å². The largest absolute Gasteiger partial charge is 0.354 e. The molecule has 1 unspecified atom stereocenters. The fourth-order valence-corrected chi connectivity index (χ4v) is 2.77. The number of hydrogen-bond acceptors (Lipinski definition) is 3. The van der Waals surface area contributed by atoms with Gasteiger partial charge in [-0.05, 0) is 12.1 Å². The van der Waals surface area contributed by atoms with Crippen LogP contribution in [-0.2, 0) is 4.79 Å². The average molecular weight is 272 g/mol. The highest BCUT2D eigenvalue weighted by Crippen LogP contribution is 2.42. The number of amides is 1. The Morgan fingerprint density at radius 3 is 3.00 bits per heavy atom. The third-order valence-corrected chi connectivity index (χ3v) is 3.95. The van der Waals surface area contributed by atoms with Crippen molar-refractivity contribution in [2.45, 2.75) is 6.04 Å². The number of rotatable bonds is 0. The van der Waals surface area contributed by atoms with E-state index in [0.717, 1.165) is 24.5 Å². The smallest absolute Gasteiger partial charge is 0.248 e. The zero-order chi connectivity index (χ0) is 12.0. The van der Waals surface area contributed by atoms with Gasteiger partial charge < -0.3 is 15.5 Å². The molecule has 2 N–H and O–H groups in total. The molecular weight excluding hydrogens is 261 g/mol. The molecule has 1 amide bonds. The molecule has 2 heterocycles. The van der Waals surface area contributed by atoms with E-state index in [9.17, 15) is 4.79 Å². The van der Waals surface area contributed by atoms with Crippen molar-refractivity contribution in [1.82, 2.24) is 5.32 Å². The van der Waals surface area contributed by atoms with Gasteiger partial charge in [0, 0.05) is 19.6 Å². The molecule has 17 heavy (non-hydrogen) atoms. The van der Waals surface area contributed by atoms with Crippen LogP contribution in [-0.4, -0.2) is 31.6 Å². The Hall–Kier alpha value is -0.970.